The number of amides is 1. The smallest absolute Gasteiger partial charge is 0.237 e. The highest BCUT2D eigenvalue weighted by Gasteiger charge is 2.25. The van der Waals surface area contributed by atoms with E-state index in [1.54, 1.807) is 11.3 Å². The predicted octanol–water partition coefficient (Wildman–Crippen LogP) is 2.27. The maximum absolute atomic E-state index is 11.6. The summed E-state index contributed by atoms with van der Waals surface area (Å²) < 4.78 is 1.10. The highest BCUT2D eigenvalue weighted by atomic mass is 79.9. The van der Waals surface area contributed by atoms with Gasteiger partial charge in [-0.2, -0.15) is 0 Å². The number of thiophene rings is 1. The summed E-state index contributed by atoms with van der Waals surface area (Å²) in [6.07, 6.45) is 2.27. The van der Waals surface area contributed by atoms with Crippen LogP contribution in [0.25, 0.3) is 0 Å². The van der Waals surface area contributed by atoms with E-state index in [-0.39, 0.29) is 11.9 Å². The van der Waals surface area contributed by atoms with Crippen LogP contribution in [0.2, 0.25) is 0 Å². The van der Waals surface area contributed by atoms with Crippen molar-refractivity contribution in [2.45, 2.75) is 38.4 Å². The molecule has 1 aliphatic carbocycles. The average Bonchev–Trinajstić information content (AvgIpc) is 2.96. The van der Waals surface area contributed by atoms with Crippen LogP contribution in [0, 0.1) is 0 Å². The quantitative estimate of drug-likeness (QED) is 0.876. The molecule has 88 valence electrons. The standard InChI is InChI=1S/C11H15BrN2OS/c1-7(11(15)14-9-2-3-9)13-5-10-4-8(12)6-16-10/h4,6-7,9,13H,2-3,5H2,1H3,(H,14,15). The molecule has 5 heteroatoms. The fourth-order valence-electron chi connectivity index (χ4n) is 1.35. The van der Waals surface area contributed by atoms with E-state index >= 15 is 0 Å². The minimum absolute atomic E-state index is 0.109. The van der Waals surface area contributed by atoms with Gasteiger partial charge in [0, 0.05) is 27.3 Å². The first-order valence-electron chi connectivity index (χ1n) is 5.42. The van der Waals surface area contributed by atoms with Crippen molar-refractivity contribution in [1.82, 2.24) is 10.6 Å². The zero-order valence-corrected chi connectivity index (χ0v) is 11.5. The van der Waals surface area contributed by atoms with Crippen LogP contribution in [0.1, 0.15) is 24.6 Å². The highest BCUT2D eigenvalue weighted by molar-refractivity contribution is 9.10. The van der Waals surface area contributed by atoms with Crippen molar-refractivity contribution >= 4 is 33.2 Å². The van der Waals surface area contributed by atoms with Gasteiger partial charge in [-0.25, -0.2) is 0 Å². The zero-order chi connectivity index (χ0) is 11.5. The number of halogens is 1. The van der Waals surface area contributed by atoms with E-state index in [9.17, 15) is 4.79 Å². The molecule has 1 atom stereocenters. The van der Waals surface area contributed by atoms with Crippen LogP contribution in [0.15, 0.2) is 15.9 Å². The molecule has 3 nitrogen and oxygen atoms in total. The number of carbonyl (C=O) groups excluding carboxylic acids is 1. The van der Waals surface area contributed by atoms with Crippen molar-refractivity contribution in [3.8, 4) is 0 Å². The fourth-order valence-corrected chi connectivity index (χ4v) is 2.75. The van der Waals surface area contributed by atoms with Gasteiger partial charge in [0.05, 0.1) is 6.04 Å². The van der Waals surface area contributed by atoms with Crippen molar-refractivity contribution in [2.24, 2.45) is 0 Å². The minimum Gasteiger partial charge on any atom is -0.352 e. The molecule has 0 aromatic carbocycles. The topological polar surface area (TPSA) is 41.1 Å². The third kappa shape index (κ3) is 3.57. The van der Waals surface area contributed by atoms with Gasteiger partial charge in [-0.3, -0.25) is 4.79 Å². The maximum atomic E-state index is 11.6. The molecule has 1 aromatic heterocycles. The Morgan fingerprint density at radius 3 is 3.00 bits per heavy atom. The van der Waals surface area contributed by atoms with E-state index in [4.69, 9.17) is 0 Å². The molecule has 0 saturated heterocycles. The van der Waals surface area contributed by atoms with Gasteiger partial charge in [0.15, 0.2) is 0 Å². The maximum Gasteiger partial charge on any atom is 0.237 e. The molecule has 1 saturated carbocycles. The highest BCUT2D eigenvalue weighted by Crippen LogP contribution is 2.20. The Kier molecular flexibility index (Phi) is 4.00. The second kappa shape index (κ2) is 5.29. The van der Waals surface area contributed by atoms with Crippen LogP contribution in [0.5, 0.6) is 0 Å². The monoisotopic (exact) mass is 302 g/mol. The first kappa shape index (κ1) is 12.1. The summed E-state index contributed by atoms with van der Waals surface area (Å²) in [5, 5.41) is 8.26. The van der Waals surface area contributed by atoms with Crippen molar-refractivity contribution < 1.29 is 4.79 Å². The molecular weight excluding hydrogens is 288 g/mol. The van der Waals surface area contributed by atoms with Gasteiger partial charge >= 0.3 is 0 Å². The molecule has 1 aromatic rings. The van der Waals surface area contributed by atoms with Crippen molar-refractivity contribution in [1.29, 1.82) is 0 Å². The van der Waals surface area contributed by atoms with Gasteiger partial charge in [0.2, 0.25) is 5.91 Å². The second-order valence-corrected chi connectivity index (χ2v) is 6.03. The number of hydrogen-bond acceptors (Lipinski definition) is 3. The summed E-state index contributed by atoms with van der Waals surface area (Å²) in [5.41, 5.74) is 0. The molecule has 1 fully saturated rings. The van der Waals surface area contributed by atoms with Crippen molar-refractivity contribution in [2.75, 3.05) is 0 Å². The number of rotatable bonds is 5. The zero-order valence-electron chi connectivity index (χ0n) is 9.13. The van der Waals surface area contributed by atoms with Gasteiger partial charge in [0.25, 0.3) is 0 Å². The molecule has 1 unspecified atom stereocenters. The number of carbonyl (C=O) groups is 1. The van der Waals surface area contributed by atoms with Crippen LogP contribution in [-0.4, -0.2) is 18.0 Å². The lowest BCUT2D eigenvalue weighted by Crippen LogP contribution is -2.42. The first-order valence-corrected chi connectivity index (χ1v) is 7.09. The van der Waals surface area contributed by atoms with Gasteiger partial charge in [0.1, 0.15) is 0 Å². The van der Waals surface area contributed by atoms with Crippen LogP contribution in [0.3, 0.4) is 0 Å². The molecule has 1 aliphatic rings. The van der Waals surface area contributed by atoms with Gasteiger partial charge < -0.3 is 10.6 Å². The Hall–Kier alpha value is -0.390. The van der Waals surface area contributed by atoms with Crippen molar-refractivity contribution in [3.63, 3.8) is 0 Å². The summed E-state index contributed by atoms with van der Waals surface area (Å²) in [6.45, 7) is 2.65. The van der Waals surface area contributed by atoms with Crippen LogP contribution < -0.4 is 10.6 Å². The van der Waals surface area contributed by atoms with E-state index < -0.39 is 0 Å². The SMILES string of the molecule is CC(NCc1cc(Br)cs1)C(=O)NC1CC1. The Labute approximate surface area is 108 Å². The van der Waals surface area contributed by atoms with E-state index in [2.05, 4.69) is 32.6 Å². The van der Waals surface area contributed by atoms with Crippen LogP contribution >= 0.6 is 27.3 Å². The van der Waals surface area contributed by atoms with Crippen molar-refractivity contribution in [3.05, 3.63) is 20.8 Å². The third-order valence-electron chi connectivity index (χ3n) is 2.52. The Morgan fingerprint density at radius 1 is 1.69 bits per heavy atom. The second-order valence-electron chi connectivity index (χ2n) is 4.12. The molecule has 0 bridgehead atoms. The summed E-state index contributed by atoms with van der Waals surface area (Å²) in [6, 6.07) is 2.39. The first-order chi connectivity index (χ1) is 7.65. The van der Waals surface area contributed by atoms with Gasteiger partial charge in [-0.1, -0.05) is 0 Å². The Balaban J connectivity index is 1.73. The molecule has 2 rings (SSSR count). The van der Waals surface area contributed by atoms with E-state index in [1.165, 1.54) is 4.88 Å². The number of nitrogens with one attached hydrogen (secondary N) is 2. The lowest BCUT2D eigenvalue weighted by molar-refractivity contribution is -0.122. The molecule has 1 amide bonds. The molecule has 2 N–H and O–H groups in total. The van der Waals surface area contributed by atoms with Gasteiger partial charge in [-0.15, -0.1) is 11.3 Å². The molecule has 0 radical (unpaired) electrons. The average molecular weight is 303 g/mol. The lowest BCUT2D eigenvalue weighted by Gasteiger charge is -2.12. The predicted molar refractivity (Wildman–Crippen MR) is 69.5 cm³/mol. The summed E-state index contributed by atoms with van der Waals surface area (Å²) >= 11 is 5.10. The lowest BCUT2D eigenvalue weighted by atomic mass is 10.3. The molecular formula is C11H15BrN2OS. The van der Waals surface area contributed by atoms with Crippen LogP contribution in [-0.2, 0) is 11.3 Å². The molecule has 16 heavy (non-hydrogen) atoms. The summed E-state index contributed by atoms with van der Waals surface area (Å²) in [5.74, 6) is 0.109. The number of hydrogen-bond donors (Lipinski definition) is 2. The van der Waals surface area contributed by atoms with Gasteiger partial charge in [-0.05, 0) is 41.8 Å². The van der Waals surface area contributed by atoms with E-state index in [0.29, 0.717) is 6.04 Å². The summed E-state index contributed by atoms with van der Waals surface area (Å²) in [7, 11) is 0. The fraction of sp³-hybridized carbons (Fsp3) is 0.545. The Morgan fingerprint density at radius 2 is 2.44 bits per heavy atom. The molecule has 1 heterocycles. The Bertz CT molecular complexity index is 376. The van der Waals surface area contributed by atoms with E-state index in [0.717, 1.165) is 23.9 Å². The van der Waals surface area contributed by atoms with E-state index in [1.807, 2.05) is 12.3 Å². The summed E-state index contributed by atoms with van der Waals surface area (Å²) in [4.78, 5) is 12.9. The third-order valence-corrected chi connectivity index (χ3v) is 4.22. The molecule has 0 spiro atoms. The largest absolute Gasteiger partial charge is 0.352 e. The normalized spacial score (nSPS) is 17.1. The van der Waals surface area contributed by atoms with Crippen LogP contribution in [0.4, 0.5) is 0 Å². The minimum atomic E-state index is -0.124. The molecule has 0 aliphatic heterocycles.